The average Bonchev–Trinajstić information content (AvgIpc) is 3.10. The van der Waals surface area contributed by atoms with Crippen molar-refractivity contribution in [1.29, 1.82) is 0 Å². The number of aliphatic hydroxyl groups is 1. The maximum Gasteiger partial charge on any atom is 0.407 e. The summed E-state index contributed by atoms with van der Waals surface area (Å²) in [4.78, 5) is 12.3. The second-order valence-corrected chi connectivity index (χ2v) is 12.4. The van der Waals surface area contributed by atoms with Gasteiger partial charge in [-0.15, -0.1) is 0 Å². The van der Waals surface area contributed by atoms with Gasteiger partial charge in [0.15, 0.2) is 0 Å². The van der Waals surface area contributed by atoms with Gasteiger partial charge in [0.25, 0.3) is 0 Å². The molecule has 7 atom stereocenters. The van der Waals surface area contributed by atoms with Crippen molar-refractivity contribution in [2.45, 2.75) is 116 Å². The van der Waals surface area contributed by atoms with E-state index in [1.807, 2.05) is 6.26 Å². The largest absolute Gasteiger partial charge is 0.504 e. The fraction of sp³-hybridized carbons (Fsp3) is 0.833. The Bertz CT molecular complexity index is 836. The van der Waals surface area contributed by atoms with Crippen molar-refractivity contribution in [3.05, 3.63) is 23.5 Å². The van der Waals surface area contributed by atoms with Gasteiger partial charge >= 0.3 is 6.09 Å². The van der Waals surface area contributed by atoms with Crippen molar-refractivity contribution >= 4 is 6.09 Å². The van der Waals surface area contributed by atoms with Gasteiger partial charge in [-0.25, -0.2) is 4.79 Å². The van der Waals surface area contributed by atoms with Gasteiger partial charge in [-0.05, 0) is 99.5 Å². The molecule has 3 fully saturated rings. The van der Waals surface area contributed by atoms with Crippen LogP contribution in [-0.4, -0.2) is 36.6 Å². The van der Waals surface area contributed by atoms with Crippen molar-refractivity contribution < 1.29 is 19.4 Å². The molecule has 0 spiro atoms. The molecule has 0 heterocycles. The van der Waals surface area contributed by atoms with Crippen molar-refractivity contribution in [2.24, 2.45) is 28.6 Å². The topological polar surface area (TPSA) is 67.8 Å². The standard InChI is InChI=1S/C30H49NO4/c1-6-7-8-9-18-31-27(32)35-23-12-15-28(3)22(19-23)10-11-26-25(28)13-16-29(4)24(21(2)20-34-5)14-17-30(26,29)33/h19-20,23-26,33H,6-18H2,1-5H3,(H,31,32)/b21-20+/t23-,24+,25?,26?,28-,29+,30-/m0/s1. The Labute approximate surface area is 213 Å². The van der Waals surface area contributed by atoms with Crippen LogP contribution in [0.2, 0.25) is 0 Å². The van der Waals surface area contributed by atoms with E-state index in [4.69, 9.17) is 9.47 Å². The molecule has 1 amide bonds. The number of allylic oxidation sites excluding steroid dienone is 2. The summed E-state index contributed by atoms with van der Waals surface area (Å²) >= 11 is 0. The van der Waals surface area contributed by atoms with Crippen LogP contribution in [0.25, 0.3) is 0 Å². The lowest BCUT2D eigenvalue weighted by molar-refractivity contribution is -0.181. The molecular formula is C30H49NO4. The van der Waals surface area contributed by atoms with Crippen LogP contribution in [-0.2, 0) is 9.47 Å². The summed E-state index contributed by atoms with van der Waals surface area (Å²) in [7, 11) is 1.72. The minimum absolute atomic E-state index is 0.0829. The molecule has 5 heteroatoms. The highest BCUT2D eigenvalue weighted by Crippen LogP contribution is 2.69. The summed E-state index contributed by atoms with van der Waals surface area (Å²) in [5.41, 5.74) is 2.14. The number of alkyl carbamates (subject to hydrolysis) is 1. The Hall–Kier alpha value is -1.49. The second-order valence-electron chi connectivity index (χ2n) is 12.4. The monoisotopic (exact) mass is 487 g/mol. The van der Waals surface area contributed by atoms with Gasteiger partial charge in [-0.2, -0.15) is 0 Å². The summed E-state index contributed by atoms with van der Waals surface area (Å²) in [6.45, 7) is 9.82. The number of nitrogens with one attached hydrogen (secondary N) is 1. The molecule has 0 aromatic heterocycles. The van der Waals surface area contributed by atoms with Crippen molar-refractivity contribution in [1.82, 2.24) is 5.32 Å². The van der Waals surface area contributed by atoms with Crippen LogP contribution in [0.5, 0.6) is 0 Å². The Balaban J connectivity index is 1.43. The highest BCUT2D eigenvalue weighted by molar-refractivity contribution is 5.67. The Morgan fingerprint density at radius 1 is 1.11 bits per heavy atom. The highest BCUT2D eigenvalue weighted by atomic mass is 16.6. The van der Waals surface area contributed by atoms with Crippen LogP contribution in [0.15, 0.2) is 23.5 Å². The Kier molecular flexibility index (Phi) is 7.95. The maximum absolute atomic E-state index is 12.3. The zero-order valence-electron chi connectivity index (χ0n) is 22.8. The number of unbranched alkanes of at least 4 members (excludes halogenated alkanes) is 3. The van der Waals surface area contributed by atoms with Gasteiger partial charge in [-0.1, -0.05) is 45.6 Å². The molecule has 5 nitrogen and oxygen atoms in total. The summed E-state index contributed by atoms with van der Waals surface area (Å²) in [5.74, 6) is 1.23. The van der Waals surface area contributed by atoms with E-state index in [2.05, 4.69) is 39.1 Å². The smallest absolute Gasteiger partial charge is 0.407 e. The van der Waals surface area contributed by atoms with E-state index in [1.54, 1.807) is 7.11 Å². The highest BCUT2D eigenvalue weighted by Gasteiger charge is 2.66. The lowest BCUT2D eigenvalue weighted by Gasteiger charge is -2.62. The molecule has 4 aliphatic carbocycles. The predicted octanol–water partition coefficient (Wildman–Crippen LogP) is 6.91. The maximum atomic E-state index is 12.3. The average molecular weight is 488 g/mol. The van der Waals surface area contributed by atoms with Gasteiger partial charge in [0, 0.05) is 12.0 Å². The quantitative estimate of drug-likeness (QED) is 0.222. The minimum Gasteiger partial charge on any atom is -0.504 e. The summed E-state index contributed by atoms with van der Waals surface area (Å²) < 4.78 is 11.2. The van der Waals surface area contributed by atoms with Gasteiger partial charge < -0.3 is 19.9 Å². The van der Waals surface area contributed by atoms with Crippen molar-refractivity contribution in [3.63, 3.8) is 0 Å². The van der Waals surface area contributed by atoms with Crippen molar-refractivity contribution in [2.75, 3.05) is 13.7 Å². The van der Waals surface area contributed by atoms with Crippen molar-refractivity contribution in [3.8, 4) is 0 Å². The molecule has 0 aromatic rings. The lowest BCUT2D eigenvalue weighted by atomic mass is 9.45. The fourth-order valence-corrected chi connectivity index (χ4v) is 8.68. The minimum atomic E-state index is -0.608. The molecule has 4 aliphatic rings. The van der Waals surface area contributed by atoms with Gasteiger partial charge in [0.1, 0.15) is 6.10 Å². The van der Waals surface area contributed by atoms with E-state index < -0.39 is 5.60 Å². The third-order valence-corrected chi connectivity index (χ3v) is 10.7. The number of hydrogen-bond acceptors (Lipinski definition) is 4. The summed E-state index contributed by atoms with van der Waals surface area (Å²) in [6, 6.07) is 0. The molecule has 0 saturated heterocycles. The molecule has 0 bridgehead atoms. The molecule has 0 radical (unpaired) electrons. The molecule has 4 rings (SSSR count). The van der Waals surface area contributed by atoms with Gasteiger partial charge in [-0.3, -0.25) is 0 Å². The first-order valence-electron chi connectivity index (χ1n) is 14.3. The molecule has 2 N–H and O–H groups in total. The number of fused-ring (bicyclic) bond motifs is 5. The third-order valence-electron chi connectivity index (χ3n) is 10.7. The van der Waals surface area contributed by atoms with E-state index in [0.29, 0.717) is 24.3 Å². The van der Waals surface area contributed by atoms with Gasteiger partial charge in [0.05, 0.1) is 19.0 Å². The third kappa shape index (κ3) is 4.67. The first-order valence-corrected chi connectivity index (χ1v) is 14.3. The van der Waals surface area contributed by atoms with E-state index in [0.717, 1.165) is 64.2 Å². The molecule has 198 valence electrons. The number of rotatable bonds is 8. The fourth-order valence-electron chi connectivity index (χ4n) is 8.68. The first-order chi connectivity index (χ1) is 16.7. The lowest BCUT2D eigenvalue weighted by Crippen LogP contribution is -2.60. The number of carbonyl (C=O) groups is 1. The van der Waals surface area contributed by atoms with E-state index in [-0.39, 0.29) is 23.0 Å². The van der Waals surface area contributed by atoms with E-state index in [1.165, 1.54) is 24.0 Å². The number of amides is 1. The molecule has 3 saturated carbocycles. The van der Waals surface area contributed by atoms with Crippen LogP contribution < -0.4 is 5.32 Å². The van der Waals surface area contributed by atoms with Crippen LogP contribution in [0.1, 0.15) is 105 Å². The molecule has 2 unspecified atom stereocenters. The first kappa shape index (κ1) is 26.6. The normalized spacial score (nSPS) is 40.7. The van der Waals surface area contributed by atoms with E-state index >= 15 is 0 Å². The Morgan fingerprint density at radius 2 is 1.91 bits per heavy atom. The van der Waals surface area contributed by atoms with E-state index in [9.17, 15) is 9.90 Å². The second kappa shape index (κ2) is 10.5. The molecule has 35 heavy (non-hydrogen) atoms. The van der Waals surface area contributed by atoms with Crippen LogP contribution in [0.3, 0.4) is 0 Å². The summed E-state index contributed by atoms with van der Waals surface area (Å²) in [5, 5.41) is 15.2. The van der Waals surface area contributed by atoms with Crippen LogP contribution in [0.4, 0.5) is 4.79 Å². The number of hydrogen-bond donors (Lipinski definition) is 2. The zero-order valence-corrected chi connectivity index (χ0v) is 22.8. The molecular weight excluding hydrogens is 438 g/mol. The Morgan fingerprint density at radius 3 is 2.66 bits per heavy atom. The SMILES string of the molecule is CCCCCCNC(=O)O[C@@H]1C=C2CCC3C(CC[C@]4(C)[C@@H](/C(C)=C/OC)CC[C@]34O)[C@@]2(C)CC1. The van der Waals surface area contributed by atoms with Gasteiger partial charge in [0.2, 0.25) is 0 Å². The number of carbonyl (C=O) groups excluding carboxylic acids is 1. The van der Waals surface area contributed by atoms with Crippen LogP contribution in [0, 0.1) is 28.6 Å². The molecule has 0 aliphatic heterocycles. The molecule has 0 aromatic carbocycles. The number of ether oxygens (including phenoxy) is 2. The number of methoxy groups -OCH3 is 1. The zero-order chi connectivity index (χ0) is 25.3. The summed E-state index contributed by atoms with van der Waals surface area (Å²) in [6.07, 6.45) is 16.4. The van der Waals surface area contributed by atoms with Crippen LogP contribution >= 0.6 is 0 Å². The predicted molar refractivity (Wildman–Crippen MR) is 140 cm³/mol.